The highest BCUT2D eigenvalue weighted by Gasteiger charge is 2.26. The Labute approximate surface area is 126 Å². The van der Waals surface area contributed by atoms with Crippen LogP contribution in [0.25, 0.3) is 0 Å². The summed E-state index contributed by atoms with van der Waals surface area (Å²) in [5.41, 5.74) is -1.42. The summed E-state index contributed by atoms with van der Waals surface area (Å²) in [5.74, 6) is -1.51. The first-order chi connectivity index (χ1) is 10.2. The fraction of sp³-hybridized carbons (Fsp3) is 0.286. The summed E-state index contributed by atoms with van der Waals surface area (Å²) in [4.78, 5) is -0.543. The smallest absolute Gasteiger partial charge is 0.240 e. The van der Waals surface area contributed by atoms with Crippen LogP contribution in [0.5, 0.6) is 0 Å². The van der Waals surface area contributed by atoms with Crippen LogP contribution >= 0.6 is 0 Å². The van der Waals surface area contributed by atoms with Gasteiger partial charge in [-0.1, -0.05) is 0 Å². The van der Waals surface area contributed by atoms with Gasteiger partial charge in [0.2, 0.25) is 10.0 Å². The highest BCUT2D eigenvalue weighted by Crippen LogP contribution is 2.16. The average Bonchev–Trinajstić information content (AvgIpc) is 2.88. The van der Waals surface area contributed by atoms with E-state index in [-0.39, 0.29) is 13.0 Å². The van der Waals surface area contributed by atoms with Crippen LogP contribution < -0.4 is 4.72 Å². The zero-order valence-electron chi connectivity index (χ0n) is 11.7. The second-order valence-corrected chi connectivity index (χ2v) is 6.95. The molecule has 2 N–H and O–H groups in total. The Bertz CT molecular complexity index is 722. The third kappa shape index (κ3) is 4.36. The van der Waals surface area contributed by atoms with Gasteiger partial charge in [0.05, 0.1) is 16.8 Å². The number of hydrogen-bond acceptors (Lipinski definition) is 4. The normalized spacial score (nSPS) is 14.7. The Hall–Kier alpha value is -1.77. The number of aliphatic hydroxyl groups is 1. The van der Waals surface area contributed by atoms with E-state index in [0.717, 1.165) is 0 Å². The Balaban J connectivity index is 2.08. The molecule has 0 radical (unpaired) electrons. The summed E-state index contributed by atoms with van der Waals surface area (Å²) in [6.07, 6.45) is 1.52. The monoisotopic (exact) mass is 331 g/mol. The molecular weight excluding hydrogens is 316 g/mol. The Kier molecular flexibility index (Phi) is 4.64. The highest BCUT2D eigenvalue weighted by atomic mass is 32.2. The van der Waals surface area contributed by atoms with Crippen molar-refractivity contribution in [2.45, 2.75) is 23.8 Å². The lowest BCUT2D eigenvalue weighted by molar-refractivity contribution is 0.0603. The summed E-state index contributed by atoms with van der Waals surface area (Å²) in [6.45, 7) is 1.08. The van der Waals surface area contributed by atoms with Gasteiger partial charge in [0.15, 0.2) is 0 Å². The zero-order chi connectivity index (χ0) is 16.4. The highest BCUT2D eigenvalue weighted by molar-refractivity contribution is 7.89. The van der Waals surface area contributed by atoms with Gasteiger partial charge in [-0.2, -0.15) is 0 Å². The minimum atomic E-state index is -4.14. The van der Waals surface area contributed by atoms with Gasteiger partial charge in [-0.15, -0.1) is 0 Å². The van der Waals surface area contributed by atoms with Gasteiger partial charge in [-0.25, -0.2) is 21.9 Å². The molecule has 2 aromatic rings. The lowest BCUT2D eigenvalue weighted by Crippen LogP contribution is -2.42. The molecule has 5 nitrogen and oxygen atoms in total. The van der Waals surface area contributed by atoms with E-state index in [1.54, 1.807) is 12.1 Å². The molecule has 22 heavy (non-hydrogen) atoms. The number of rotatable bonds is 6. The quantitative estimate of drug-likeness (QED) is 0.846. The number of nitrogens with one attached hydrogen (secondary N) is 1. The van der Waals surface area contributed by atoms with Crippen LogP contribution in [0, 0.1) is 11.6 Å². The van der Waals surface area contributed by atoms with Crippen LogP contribution in [0.1, 0.15) is 12.7 Å². The number of halogens is 2. The number of hydrogen-bond donors (Lipinski definition) is 2. The molecule has 0 saturated heterocycles. The van der Waals surface area contributed by atoms with Crippen LogP contribution in [0.4, 0.5) is 8.78 Å². The van der Waals surface area contributed by atoms with Crippen molar-refractivity contribution in [2.75, 3.05) is 6.54 Å². The third-order valence-corrected chi connectivity index (χ3v) is 4.31. The summed E-state index contributed by atoms with van der Waals surface area (Å²) in [6, 6.07) is 5.27. The molecule has 0 aliphatic carbocycles. The first-order valence-electron chi connectivity index (χ1n) is 6.38. The minimum absolute atomic E-state index is 0.0834. The van der Waals surface area contributed by atoms with E-state index in [1.165, 1.54) is 13.2 Å². The van der Waals surface area contributed by atoms with Gasteiger partial charge >= 0.3 is 0 Å². The van der Waals surface area contributed by atoms with Crippen LogP contribution in [0.2, 0.25) is 0 Å². The Morgan fingerprint density at radius 1 is 1.27 bits per heavy atom. The molecule has 0 amide bonds. The number of benzene rings is 1. The molecule has 0 aliphatic heterocycles. The second-order valence-electron chi connectivity index (χ2n) is 5.18. The SMILES string of the molecule is CC(O)(CNS(=O)(=O)c1cc(F)cc(F)c1)Cc1ccco1. The maximum Gasteiger partial charge on any atom is 0.240 e. The molecule has 1 aromatic carbocycles. The molecule has 2 rings (SSSR count). The van der Waals surface area contributed by atoms with Crippen molar-refractivity contribution in [1.82, 2.24) is 4.72 Å². The van der Waals surface area contributed by atoms with Crippen molar-refractivity contribution in [3.05, 3.63) is 54.0 Å². The van der Waals surface area contributed by atoms with Crippen molar-refractivity contribution >= 4 is 10.0 Å². The van der Waals surface area contributed by atoms with Gasteiger partial charge in [-0.05, 0) is 31.2 Å². The molecule has 0 saturated carbocycles. The first kappa shape index (κ1) is 16.6. The van der Waals surface area contributed by atoms with E-state index in [0.29, 0.717) is 24.0 Å². The third-order valence-electron chi connectivity index (χ3n) is 2.92. The van der Waals surface area contributed by atoms with E-state index >= 15 is 0 Å². The van der Waals surface area contributed by atoms with Crippen molar-refractivity contribution < 1.29 is 26.7 Å². The van der Waals surface area contributed by atoms with E-state index in [1.807, 2.05) is 0 Å². The van der Waals surface area contributed by atoms with Gasteiger partial charge < -0.3 is 9.52 Å². The fourth-order valence-electron chi connectivity index (χ4n) is 1.87. The molecule has 8 heteroatoms. The maximum absolute atomic E-state index is 13.1. The number of furan rings is 1. The second kappa shape index (κ2) is 6.15. The predicted octanol–water partition coefficient (Wildman–Crippen LogP) is 1.83. The van der Waals surface area contributed by atoms with Crippen molar-refractivity contribution in [1.29, 1.82) is 0 Å². The maximum atomic E-state index is 13.1. The van der Waals surface area contributed by atoms with Crippen LogP contribution in [0.15, 0.2) is 45.9 Å². The van der Waals surface area contributed by atoms with Crippen molar-refractivity contribution in [3.63, 3.8) is 0 Å². The lowest BCUT2D eigenvalue weighted by Gasteiger charge is -2.22. The largest absolute Gasteiger partial charge is 0.469 e. The van der Waals surface area contributed by atoms with E-state index < -0.39 is 32.2 Å². The van der Waals surface area contributed by atoms with Crippen molar-refractivity contribution in [3.8, 4) is 0 Å². The molecule has 0 aliphatic rings. The summed E-state index contributed by atoms with van der Waals surface area (Å²) >= 11 is 0. The first-order valence-corrected chi connectivity index (χ1v) is 7.87. The Morgan fingerprint density at radius 3 is 2.45 bits per heavy atom. The van der Waals surface area contributed by atoms with Crippen LogP contribution in [0.3, 0.4) is 0 Å². The lowest BCUT2D eigenvalue weighted by atomic mass is 10.0. The zero-order valence-corrected chi connectivity index (χ0v) is 12.5. The summed E-state index contributed by atoms with van der Waals surface area (Å²) in [5, 5.41) is 10.2. The Morgan fingerprint density at radius 2 is 1.91 bits per heavy atom. The van der Waals surface area contributed by atoms with E-state index in [2.05, 4.69) is 4.72 Å². The minimum Gasteiger partial charge on any atom is -0.469 e. The van der Waals surface area contributed by atoms with E-state index in [4.69, 9.17) is 4.42 Å². The van der Waals surface area contributed by atoms with Gasteiger partial charge in [-0.3, -0.25) is 0 Å². The van der Waals surface area contributed by atoms with Crippen LogP contribution in [-0.2, 0) is 16.4 Å². The average molecular weight is 331 g/mol. The van der Waals surface area contributed by atoms with Gasteiger partial charge in [0.25, 0.3) is 0 Å². The predicted molar refractivity (Wildman–Crippen MR) is 74.6 cm³/mol. The van der Waals surface area contributed by atoms with E-state index in [9.17, 15) is 22.3 Å². The topological polar surface area (TPSA) is 79.5 Å². The summed E-state index contributed by atoms with van der Waals surface area (Å²) < 4.78 is 57.4. The fourth-order valence-corrected chi connectivity index (χ4v) is 3.07. The standard InChI is InChI=1S/C14H15F2NO4S/c1-14(18,8-12-3-2-4-21-12)9-17-22(19,20)13-6-10(15)5-11(16)7-13/h2-7,17-18H,8-9H2,1H3. The number of sulfonamides is 1. The van der Waals surface area contributed by atoms with Crippen LogP contribution in [-0.4, -0.2) is 25.7 Å². The van der Waals surface area contributed by atoms with Gasteiger partial charge in [0, 0.05) is 19.0 Å². The molecule has 1 atom stereocenters. The molecule has 1 unspecified atom stereocenters. The van der Waals surface area contributed by atoms with Gasteiger partial charge in [0.1, 0.15) is 17.4 Å². The molecule has 0 bridgehead atoms. The molecule has 120 valence electrons. The molecular formula is C14H15F2NO4S. The molecule has 0 spiro atoms. The summed E-state index contributed by atoms with van der Waals surface area (Å²) in [7, 11) is -4.14. The molecule has 0 fully saturated rings. The van der Waals surface area contributed by atoms with Crippen molar-refractivity contribution in [2.24, 2.45) is 0 Å². The molecule has 1 aromatic heterocycles. The molecule has 1 heterocycles.